The second kappa shape index (κ2) is 4.48. The molecule has 0 fully saturated rings. The van der Waals surface area contributed by atoms with Gasteiger partial charge in [0.2, 0.25) is 0 Å². The Labute approximate surface area is 111 Å². The van der Waals surface area contributed by atoms with Crippen LogP contribution in [0.5, 0.6) is 0 Å². The molecule has 0 aliphatic carbocycles. The van der Waals surface area contributed by atoms with E-state index in [1.54, 1.807) is 6.20 Å². The summed E-state index contributed by atoms with van der Waals surface area (Å²) in [6.07, 6.45) is 3.59. The lowest BCUT2D eigenvalue weighted by molar-refractivity contribution is 0.818. The van der Waals surface area contributed by atoms with Crippen LogP contribution in [0.4, 0.5) is 0 Å². The third-order valence-electron chi connectivity index (χ3n) is 3.35. The highest BCUT2D eigenvalue weighted by Gasteiger charge is 2.11. The minimum absolute atomic E-state index is 0.0288. The fraction of sp³-hybridized carbons (Fsp3) is 0.200. The monoisotopic (exact) mass is 252 g/mol. The molecule has 0 saturated carbocycles. The van der Waals surface area contributed by atoms with Crippen molar-refractivity contribution in [1.82, 2.24) is 14.5 Å². The van der Waals surface area contributed by atoms with Crippen molar-refractivity contribution in [2.24, 2.45) is 12.8 Å². The first-order valence-electron chi connectivity index (χ1n) is 6.29. The minimum Gasteiger partial charge on any atom is -0.327 e. The highest BCUT2D eigenvalue weighted by Crippen LogP contribution is 2.25. The molecule has 2 heterocycles. The third kappa shape index (κ3) is 2.00. The van der Waals surface area contributed by atoms with Crippen LogP contribution in [0, 0.1) is 0 Å². The fourth-order valence-corrected chi connectivity index (χ4v) is 2.24. The second-order valence-corrected chi connectivity index (χ2v) is 4.77. The molecule has 0 aliphatic heterocycles. The Morgan fingerprint density at radius 2 is 2.11 bits per heavy atom. The van der Waals surface area contributed by atoms with Crippen LogP contribution in [0.15, 0.2) is 42.7 Å². The van der Waals surface area contributed by atoms with E-state index < -0.39 is 0 Å². The summed E-state index contributed by atoms with van der Waals surface area (Å²) in [5, 5.41) is 0. The van der Waals surface area contributed by atoms with Crippen molar-refractivity contribution in [3.63, 3.8) is 0 Å². The molecule has 96 valence electrons. The lowest BCUT2D eigenvalue weighted by Crippen LogP contribution is -2.04. The molecule has 2 N–H and O–H groups in total. The average Bonchev–Trinajstić information content (AvgIpc) is 2.77. The van der Waals surface area contributed by atoms with Crippen LogP contribution in [0.1, 0.15) is 18.5 Å². The smallest absolute Gasteiger partial charge is 0.142 e. The van der Waals surface area contributed by atoms with Crippen molar-refractivity contribution in [1.29, 1.82) is 0 Å². The van der Waals surface area contributed by atoms with E-state index in [0.29, 0.717) is 0 Å². The maximum Gasteiger partial charge on any atom is 0.142 e. The van der Waals surface area contributed by atoms with Gasteiger partial charge >= 0.3 is 0 Å². The SMILES string of the molecule is CC(N)c1ccc2nc(-c3cccnc3)n(C)c2c1. The van der Waals surface area contributed by atoms with Crippen molar-refractivity contribution in [2.45, 2.75) is 13.0 Å². The first-order valence-corrected chi connectivity index (χ1v) is 6.29. The summed E-state index contributed by atoms with van der Waals surface area (Å²) in [6, 6.07) is 10.1. The van der Waals surface area contributed by atoms with E-state index in [2.05, 4.69) is 20.6 Å². The number of nitrogens with zero attached hydrogens (tertiary/aromatic N) is 3. The van der Waals surface area contributed by atoms with Crippen LogP contribution in [-0.4, -0.2) is 14.5 Å². The molecule has 0 saturated heterocycles. The van der Waals surface area contributed by atoms with E-state index in [9.17, 15) is 0 Å². The van der Waals surface area contributed by atoms with Crippen molar-refractivity contribution in [3.8, 4) is 11.4 Å². The van der Waals surface area contributed by atoms with Crippen molar-refractivity contribution in [3.05, 3.63) is 48.3 Å². The molecule has 0 amide bonds. The number of fused-ring (bicyclic) bond motifs is 1. The van der Waals surface area contributed by atoms with Crippen LogP contribution in [0.25, 0.3) is 22.4 Å². The van der Waals surface area contributed by atoms with Crippen LogP contribution >= 0.6 is 0 Å². The Balaban J connectivity index is 2.21. The zero-order valence-corrected chi connectivity index (χ0v) is 11.0. The summed E-state index contributed by atoms with van der Waals surface area (Å²) in [4.78, 5) is 8.81. The summed E-state index contributed by atoms with van der Waals surface area (Å²) in [7, 11) is 2.02. The van der Waals surface area contributed by atoms with E-state index >= 15 is 0 Å². The van der Waals surface area contributed by atoms with Gasteiger partial charge in [0, 0.05) is 31.0 Å². The van der Waals surface area contributed by atoms with Gasteiger partial charge in [0.15, 0.2) is 0 Å². The van der Waals surface area contributed by atoms with E-state index in [-0.39, 0.29) is 6.04 Å². The van der Waals surface area contributed by atoms with Gasteiger partial charge in [0.1, 0.15) is 5.82 Å². The molecule has 0 aliphatic rings. The predicted molar refractivity (Wildman–Crippen MR) is 76.5 cm³/mol. The van der Waals surface area contributed by atoms with E-state index in [1.807, 2.05) is 44.4 Å². The zero-order chi connectivity index (χ0) is 13.4. The first kappa shape index (κ1) is 11.9. The quantitative estimate of drug-likeness (QED) is 0.762. The molecule has 0 radical (unpaired) electrons. The Kier molecular flexibility index (Phi) is 2.80. The molecule has 1 unspecified atom stereocenters. The molecule has 2 aromatic heterocycles. The number of pyridine rings is 1. The summed E-state index contributed by atoms with van der Waals surface area (Å²) < 4.78 is 2.08. The van der Waals surface area contributed by atoms with Crippen LogP contribution in [-0.2, 0) is 7.05 Å². The molecule has 0 spiro atoms. The molecular formula is C15H16N4. The van der Waals surface area contributed by atoms with Crippen LogP contribution < -0.4 is 5.73 Å². The van der Waals surface area contributed by atoms with Crippen molar-refractivity contribution < 1.29 is 0 Å². The summed E-state index contributed by atoms with van der Waals surface area (Å²) >= 11 is 0. The maximum atomic E-state index is 5.93. The van der Waals surface area contributed by atoms with Gasteiger partial charge < -0.3 is 10.3 Å². The molecular weight excluding hydrogens is 236 g/mol. The molecule has 1 atom stereocenters. The highest BCUT2D eigenvalue weighted by molar-refractivity contribution is 5.81. The number of hydrogen-bond acceptors (Lipinski definition) is 3. The van der Waals surface area contributed by atoms with E-state index in [0.717, 1.165) is 28.0 Å². The van der Waals surface area contributed by atoms with Crippen LogP contribution in [0.2, 0.25) is 0 Å². The molecule has 4 nitrogen and oxygen atoms in total. The number of imidazole rings is 1. The van der Waals surface area contributed by atoms with Gasteiger partial charge in [-0.05, 0) is 36.8 Å². The van der Waals surface area contributed by atoms with Crippen molar-refractivity contribution >= 4 is 11.0 Å². The van der Waals surface area contributed by atoms with Gasteiger partial charge in [-0.25, -0.2) is 4.98 Å². The number of aromatic nitrogens is 3. The van der Waals surface area contributed by atoms with Gasteiger partial charge in [-0.1, -0.05) is 6.07 Å². The largest absolute Gasteiger partial charge is 0.327 e. The topological polar surface area (TPSA) is 56.7 Å². The van der Waals surface area contributed by atoms with Crippen molar-refractivity contribution in [2.75, 3.05) is 0 Å². The number of rotatable bonds is 2. The lowest BCUT2D eigenvalue weighted by atomic mass is 10.1. The van der Waals surface area contributed by atoms with Gasteiger partial charge in [-0.3, -0.25) is 4.98 Å². The molecule has 1 aromatic carbocycles. The minimum atomic E-state index is 0.0288. The number of nitrogens with two attached hydrogens (primary N) is 1. The standard InChI is InChI=1S/C15H16N4/c1-10(16)11-5-6-13-14(8-11)19(2)15(18-13)12-4-3-7-17-9-12/h3-10H,16H2,1-2H3. The Morgan fingerprint density at radius 3 is 2.79 bits per heavy atom. The Bertz CT molecular complexity index is 714. The fourth-order valence-electron chi connectivity index (χ4n) is 2.24. The average molecular weight is 252 g/mol. The van der Waals surface area contributed by atoms with Gasteiger partial charge in [0.05, 0.1) is 11.0 Å². The molecule has 0 bridgehead atoms. The second-order valence-electron chi connectivity index (χ2n) is 4.77. The summed E-state index contributed by atoms with van der Waals surface area (Å²) in [5.74, 6) is 0.921. The maximum absolute atomic E-state index is 5.93. The predicted octanol–water partition coefficient (Wildman–Crippen LogP) is 2.66. The number of benzene rings is 1. The van der Waals surface area contributed by atoms with Crippen LogP contribution in [0.3, 0.4) is 0 Å². The van der Waals surface area contributed by atoms with Gasteiger partial charge in [0.25, 0.3) is 0 Å². The molecule has 19 heavy (non-hydrogen) atoms. The summed E-state index contributed by atoms with van der Waals surface area (Å²) in [6.45, 7) is 1.99. The highest BCUT2D eigenvalue weighted by atomic mass is 15.1. The van der Waals surface area contributed by atoms with E-state index in [4.69, 9.17) is 5.73 Å². The number of hydrogen-bond donors (Lipinski definition) is 1. The molecule has 4 heteroatoms. The molecule has 3 rings (SSSR count). The lowest BCUT2D eigenvalue weighted by Gasteiger charge is -2.06. The third-order valence-corrected chi connectivity index (χ3v) is 3.35. The van der Waals surface area contributed by atoms with Gasteiger partial charge in [-0.15, -0.1) is 0 Å². The normalized spacial score (nSPS) is 12.8. The Morgan fingerprint density at radius 1 is 1.26 bits per heavy atom. The molecule has 3 aromatic rings. The van der Waals surface area contributed by atoms with Gasteiger partial charge in [-0.2, -0.15) is 0 Å². The number of aryl methyl sites for hydroxylation is 1. The zero-order valence-electron chi connectivity index (χ0n) is 11.0. The first-order chi connectivity index (χ1) is 9.16. The van der Waals surface area contributed by atoms with E-state index in [1.165, 1.54) is 0 Å². The summed E-state index contributed by atoms with van der Waals surface area (Å²) in [5.41, 5.74) is 10.1. The Hall–Kier alpha value is -2.20.